The van der Waals surface area contributed by atoms with Gasteiger partial charge in [-0.25, -0.2) is 9.13 Å². The Morgan fingerprint density at radius 3 is 0.874 bits per heavy atom. The van der Waals surface area contributed by atoms with Gasteiger partial charge in [0.15, 0.2) is 12.2 Å². The maximum Gasteiger partial charge on any atom is 0.472 e. The molecule has 19 heteroatoms. The standard InChI is InChI=1S/C68H132O17P2/c1-7-10-12-14-15-26-34-40-46-52-67(72)84-63(56-78-65(70)50-44-36-13-11-8-2)58-82-86(74,75)80-54-62(69)55-81-87(76,77)83-59-64(57-79-66(71)51-45-39-33-29-25-24-28-32-38-43-49-61(6)9-3)85-68(73)53-47-41-35-30-23-21-19-17-16-18-20-22-27-31-37-42-48-60(4)5/h60-64,69H,7-59H2,1-6H3,(H,74,75)(H,76,77)/t61?,62-,63+,64+/m0/s1. The smallest absolute Gasteiger partial charge is 0.462 e. The maximum absolute atomic E-state index is 13.0. The molecule has 0 aromatic rings. The number of rotatable bonds is 67. The maximum atomic E-state index is 13.0. The molecule has 17 nitrogen and oxygen atoms in total. The molecule has 0 aromatic heterocycles. The molecular formula is C68H132O17P2. The summed E-state index contributed by atoms with van der Waals surface area (Å²) in [5, 5.41) is 10.5. The van der Waals surface area contributed by atoms with E-state index in [-0.39, 0.29) is 25.7 Å². The molecule has 6 atom stereocenters. The Hall–Kier alpha value is -1.94. The summed E-state index contributed by atoms with van der Waals surface area (Å²) in [5.74, 6) is -0.521. The van der Waals surface area contributed by atoms with Crippen molar-refractivity contribution < 1.29 is 80.2 Å². The van der Waals surface area contributed by atoms with Crippen LogP contribution in [0.3, 0.4) is 0 Å². The molecule has 516 valence electrons. The number of phosphoric ester groups is 2. The highest BCUT2D eigenvalue weighted by molar-refractivity contribution is 7.47. The second-order valence-electron chi connectivity index (χ2n) is 25.3. The van der Waals surface area contributed by atoms with Crippen LogP contribution in [0.2, 0.25) is 0 Å². The Balaban J connectivity index is 5.14. The third-order valence-corrected chi connectivity index (χ3v) is 18.0. The lowest BCUT2D eigenvalue weighted by Crippen LogP contribution is -2.30. The van der Waals surface area contributed by atoms with Gasteiger partial charge in [0.05, 0.1) is 26.4 Å². The Labute approximate surface area is 530 Å². The number of aliphatic hydroxyl groups is 1. The van der Waals surface area contributed by atoms with Crippen molar-refractivity contribution in [2.24, 2.45) is 11.8 Å². The van der Waals surface area contributed by atoms with Gasteiger partial charge in [0.1, 0.15) is 19.3 Å². The van der Waals surface area contributed by atoms with Gasteiger partial charge in [-0.05, 0) is 37.5 Å². The van der Waals surface area contributed by atoms with Crippen LogP contribution in [0, 0.1) is 11.8 Å². The monoisotopic (exact) mass is 1280 g/mol. The summed E-state index contributed by atoms with van der Waals surface area (Å²) in [6.45, 7) is 9.48. The Morgan fingerprint density at radius 2 is 0.586 bits per heavy atom. The normalized spacial score (nSPS) is 14.5. The Morgan fingerprint density at radius 1 is 0.333 bits per heavy atom. The molecule has 0 aliphatic rings. The first-order chi connectivity index (χ1) is 41.9. The number of esters is 4. The molecule has 3 N–H and O–H groups in total. The van der Waals surface area contributed by atoms with Gasteiger partial charge in [0.25, 0.3) is 0 Å². The van der Waals surface area contributed by atoms with Crippen LogP contribution in [0.25, 0.3) is 0 Å². The fraction of sp³-hybridized carbons (Fsp3) is 0.941. The number of carbonyl (C=O) groups excluding carboxylic acids is 4. The lowest BCUT2D eigenvalue weighted by atomic mass is 9.99. The number of unbranched alkanes of at least 4 members (excludes halogenated alkanes) is 36. The summed E-state index contributed by atoms with van der Waals surface area (Å²) in [5.41, 5.74) is 0. The van der Waals surface area contributed by atoms with E-state index in [1.54, 1.807) is 0 Å². The van der Waals surface area contributed by atoms with E-state index in [4.69, 9.17) is 37.0 Å². The zero-order chi connectivity index (χ0) is 64.3. The van der Waals surface area contributed by atoms with Crippen LogP contribution >= 0.6 is 15.6 Å². The molecular weight excluding hydrogens is 1150 g/mol. The summed E-state index contributed by atoms with van der Waals surface area (Å²) in [6, 6.07) is 0. The van der Waals surface area contributed by atoms with Gasteiger partial charge in [-0.2, -0.15) is 0 Å². The fourth-order valence-corrected chi connectivity index (χ4v) is 11.8. The van der Waals surface area contributed by atoms with Crippen LogP contribution in [-0.2, 0) is 65.4 Å². The van der Waals surface area contributed by atoms with Crippen LogP contribution in [0.4, 0.5) is 0 Å². The zero-order valence-corrected chi connectivity index (χ0v) is 58.1. The quantitative estimate of drug-likeness (QED) is 0.0222. The summed E-state index contributed by atoms with van der Waals surface area (Å²) < 4.78 is 67.9. The van der Waals surface area contributed by atoms with Gasteiger partial charge in [0.2, 0.25) is 0 Å². The van der Waals surface area contributed by atoms with E-state index in [2.05, 4.69) is 41.5 Å². The minimum atomic E-state index is -4.95. The fourth-order valence-electron chi connectivity index (χ4n) is 10.2. The number of ether oxygens (including phenoxy) is 4. The molecule has 0 aliphatic carbocycles. The van der Waals surface area contributed by atoms with Crippen LogP contribution in [0.1, 0.15) is 343 Å². The predicted molar refractivity (Wildman–Crippen MR) is 349 cm³/mol. The molecule has 87 heavy (non-hydrogen) atoms. The zero-order valence-electron chi connectivity index (χ0n) is 56.3. The highest BCUT2D eigenvalue weighted by atomic mass is 31.2. The minimum absolute atomic E-state index is 0.105. The van der Waals surface area contributed by atoms with Crippen LogP contribution in [-0.4, -0.2) is 96.7 Å². The van der Waals surface area contributed by atoms with Gasteiger partial charge in [-0.1, -0.05) is 292 Å². The van der Waals surface area contributed by atoms with Gasteiger partial charge >= 0.3 is 39.5 Å². The largest absolute Gasteiger partial charge is 0.472 e. The molecule has 0 saturated carbocycles. The van der Waals surface area contributed by atoms with Crippen molar-refractivity contribution in [3.05, 3.63) is 0 Å². The Bertz CT molecular complexity index is 1700. The van der Waals surface area contributed by atoms with Crippen molar-refractivity contribution in [2.75, 3.05) is 39.6 Å². The third kappa shape index (κ3) is 61.3. The van der Waals surface area contributed by atoms with Gasteiger partial charge < -0.3 is 33.8 Å². The number of aliphatic hydroxyl groups excluding tert-OH is 1. The Kier molecular flexibility index (Phi) is 59.0. The van der Waals surface area contributed by atoms with Gasteiger partial charge in [0, 0.05) is 25.7 Å². The molecule has 0 aromatic carbocycles. The van der Waals surface area contributed by atoms with Crippen LogP contribution < -0.4 is 0 Å². The van der Waals surface area contributed by atoms with E-state index in [1.807, 2.05) is 0 Å². The first-order valence-corrected chi connectivity index (χ1v) is 38.5. The van der Waals surface area contributed by atoms with Crippen LogP contribution in [0.5, 0.6) is 0 Å². The number of carbonyl (C=O) groups is 4. The lowest BCUT2D eigenvalue weighted by molar-refractivity contribution is -0.161. The van der Waals surface area contributed by atoms with Gasteiger partial charge in [-0.15, -0.1) is 0 Å². The highest BCUT2D eigenvalue weighted by Gasteiger charge is 2.30. The summed E-state index contributed by atoms with van der Waals surface area (Å²) in [4.78, 5) is 72.1. The average molecular weight is 1280 g/mol. The van der Waals surface area contributed by atoms with E-state index in [9.17, 15) is 43.2 Å². The van der Waals surface area contributed by atoms with Crippen molar-refractivity contribution in [1.29, 1.82) is 0 Å². The van der Waals surface area contributed by atoms with E-state index in [1.165, 1.54) is 154 Å². The second kappa shape index (κ2) is 60.3. The molecule has 3 unspecified atom stereocenters. The SMILES string of the molecule is CCCCCCCCCCCC(=O)O[C@H](COC(=O)CCCCCCC)COP(=O)(O)OC[C@H](O)COP(=O)(O)OC[C@@H](COC(=O)CCCCCCCCCCCCC(C)CC)OC(=O)CCCCCCCCCCCCCCCCCCC(C)C. The molecule has 0 bridgehead atoms. The van der Waals surface area contributed by atoms with Crippen molar-refractivity contribution in [3.63, 3.8) is 0 Å². The van der Waals surface area contributed by atoms with E-state index < -0.39 is 97.5 Å². The van der Waals surface area contributed by atoms with Gasteiger partial charge in [-0.3, -0.25) is 37.3 Å². The average Bonchev–Trinajstić information content (AvgIpc) is 3.61. The number of phosphoric acid groups is 2. The number of hydrogen-bond donors (Lipinski definition) is 3. The van der Waals surface area contributed by atoms with Crippen LogP contribution in [0.15, 0.2) is 0 Å². The molecule has 0 radical (unpaired) electrons. The van der Waals surface area contributed by atoms with Crippen molar-refractivity contribution >= 4 is 39.5 Å². The molecule has 0 fully saturated rings. The van der Waals surface area contributed by atoms with E-state index in [0.29, 0.717) is 25.7 Å². The molecule has 0 rings (SSSR count). The predicted octanol–water partition coefficient (Wildman–Crippen LogP) is 19.2. The third-order valence-electron chi connectivity index (χ3n) is 16.1. The topological polar surface area (TPSA) is 237 Å². The molecule has 0 amide bonds. The van der Waals surface area contributed by atoms with E-state index >= 15 is 0 Å². The lowest BCUT2D eigenvalue weighted by Gasteiger charge is -2.21. The first-order valence-electron chi connectivity index (χ1n) is 35.5. The highest BCUT2D eigenvalue weighted by Crippen LogP contribution is 2.45. The molecule has 0 heterocycles. The van der Waals surface area contributed by atoms with E-state index in [0.717, 1.165) is 108 Å². The van der Waals surface area contributed by atoms with Crippen molar-refractivity contribution in [2.45, 2.75) is 362 Å². The van der Waals surface area contributed by atoms with Crippen molar-refractivity contribution in [1.82, 2.24) is 0 Å². The first kappa shape index (κ1) is 85.1. The summed E-state index contributed by atoms with van der Waals surface area (Å²) in [7, 11) is -9.88. The molecule has 0 spiro atoms. The van der Waals surface area contributed by atoms with Crippen molar-refractivity contribution in [3.8, 4) is 0 Å². The second-order valence-corrected chi connectivity index (χ2v) is 28.2. The summed E-state index contributed by atoms with van der Waals surface area (Å²) in [6.07, 6.45) is 44.8. The molecule has 0 aliphatic heterocycles. The number of hydrogen-bond acceptors (Lipinski definition) is 15. The summed E-state index contributed by atoms with van der Waals surface area (Å²) >= 11 is 0. The molecule has 0 saturated heterocycles. The minimum Gasteiger partial charge on any atom is -0.462 e.